The number of rotatable bonds is 1. The summed E-state index contributed by atoms with van der Waals surface area (Å²) in [5, 5.41) is 9.56. The van der Waals surface area contributed by atoms with E-state index in [1.54, 1.807) is 0 Å². The van der Waals surface area contributed by atoms with Gasteiger partial charge in [-0.25, -0.2) is 0 Å². The van der Waals surface area contributed by atoms with Crippen LogP contribution in [0.5, 0.6) is 0 Å². The second-order valence-corrected chi connectivity index (χ2v) is 2.73. The molecule has 1 aliphatic heterocycles. The van der Waals surface area contributed by atoms with Crippen molar-refractivity contribution in [3.05, 3.63) is 0 Å². The molecule has 0 bridgehead atoms. The molecule has 54 valence electrons. The van der Waals surface area contributed by atoms with E-state index < -0.39 is 5.60 Å². The molecule has 1 aliphatic rings. The van der Waals surface area contributed by atoms with Crippen molar-refractivity contribution in [1.29, 1.82) is 0 Å². The molecular weight excluding hydrogens is 116 g/mol. The van der Waals surface area contributed by atoms with Crippen LogP contribution in [0.25, 0.3) is 0 Å². The van der Waals surface area contributed by atoms with Crippen LogP contribution in [0.4, 0.5) is 0 Å². The smallest absolute Gasteiger partial charge is 0.0878 e. The van der Waals surface area contributed by atoms with Gasteiger partial charge in [0.2, 0.25) is 0 Å². The normalized spacial score (nSPS) is 36.7. The average molecular weight is 130 g/mol. The Bertz CT molecular complexity index is 84.9. The molecule has 0 saturated carbocycles. The van der Waals surface area contributed by atoms with Crippen LogP contribution in [-0.4, -0.2) is 23.9 Å². The highest BCUT2D eigenvalue weighted by Crippen LogP contribution is 2.21. The summed E-state index contributed by atoms with van der Waals surface area (Å²) in [5.74, 6) is 0. The quantitative estimate of drug-likeness (QED) is 0.572. The molecule has 2 heteroatoms. The van der Waals surface area contributed by atoms with E-state index in [2.05, 4.69) is 0 Å². The van der Waals surface area contributed by atoms with E-state index in [0.717, 1.165) is 25.9 Å². The lowest BCUT2D eigenvalue weighted by Gasteiger charge is -2.30. The molecule has 0 aliphatic carbocycles. The van der Waals surface area contributed by atoms with Crippen LogP contribution < -0.4 is 0 Å². The van der Waals surface area contributed by atoms with Gasteiger partial charge in [-0.2, -0.15) is 0 Å². The molecule has 9 heavy (non-hydrogen) atoms. The Morgan fingerprint density at radius 2 is 2.44 bits per heavy atom. The molecule has 0 radical (unpaired) electrons. The SMILES string of the molecule is CC[C@@]1(O)CCCOC1. The first-order chi connectivity index (χ1) is 4.27. The zero-order chi connectivity index (χ0) is 6.74. The van der Waals surface area contributed by atoms with Crippen molar-refractivity contribution in [2.75, 3.05) is 13.2 Å². The van der Waals surface area contributed by atoms with Crippen molar-refractivity contribution in [3.63, 3.8) is 0 Å². The number of aliphatic hydroxyl groups is 1. The maximum Gasteiger partial charge on any atom is 0.0878 e. The predicted molar refractivity (Wildman–Crippen MR) is 35.3 cm³/mol. The van der Waals surface area contributed by atoms with Gasteiger partial charge in [-0.3, -0.25) is 0 Å². The molecule has 0 amide bonds. The molecular formula is C7H14O2. The fraction of sp³-hybridized carbons (Fsp3) is 1.00. The van der Waals surface area contributed by atoms with Crippen LogP contribution >= 0.6 is 0 Å². The summed E-state index contributed by atoms with van der Waals surface area (Å²) in [6, 6.07) is 0. The second kappa shape index (κ2) is 2.67. The van der Waals surface area contributed by atoms with Crippen LogP contribution in [0.15, 0.2) is 0 Å². The van der Waals surface area contributed by atoms with Gasteiger partial charge in [0.15, 0.2) is 0 Å². The summed E-state index contributed by atoms with van der Waals surface area (Å²) in [7, 11) is 0. The van der Waals surface area contributed by atoms with Gasteiger partial charge in [0, 0.05) is 6.61 Å². The summed E-state index contributed by atoms with van der Waals surface area (Å²) in [4.78, 5) is 0. The third-order valence-corrected chi connectivity index (χ3v) is 1.96. The van der Waals surface area contributed by atoms with E-state index >= 15 is 0 Å². The third-order valence-electron chi connectivity index (χ3n) is 1.96. The summed E-state index contributed by atoms with van der Waals surface area (Å²) in [5.41, 5.74) is -0.502. The molecule has 1 atom stereocenters. The van der Waals surface area contributed by atoms with Crippen molar-refractivity contribution in [2.45, 2.75) is 31.8 Å². The van der Waals surface area contributed by atoms with Crippen molar-refractivity contribution in [1.82, 2.24) is 0 Å². The van der Waals surface area contributed by atoms with Gasteiger partial charge >= 0.3 is 0 Å². The van der Waals surface area contributed by atoms with Crippen LogP contribution in [0.3, 0.4) is 0 Å². The lowest BCUT2D eigenvalue weighted by Crippen LogP contribution is -2.37. The Morgan fingerprint density at radius 1 is 1.67 bits per heavy atom. The van der Waals surface area contributed by atoms with Gasteiger partial charge < -0.3 is 9.84 Å². The Labute approximate surface area is 55.8 Å². The average Bonchev–Trinajstić information content (AvgIpc) is 1.90. The highest BCUT2D eigenvalue weighted by molar-refractivity contribution is 4.78. The van der Waals surface area contributed by atoms with E-state index in [1.807, 2.05) is 6.92 Å². The van der Waals surface area contributed by atoms with E-state index in [9.17, 15) is 5.11 Å². The van der Waals surface area contributed by atoms with Gasteiger partial charge in [0.1, 0.15) is 0 Å². The zero-order valence-electron chi connectivity index (χ0n) is 5.89. The summed E-state index contributed by atoms with van der Waals surface area (Å²) in [6.07, 6.45) is 2.72. The monoisotopic (exact) mass is 130 g/mol. The van der Waals surface area contributed by atoms with Gasteiger partial charge in [-0.15, -0.1) is 0 Å². The number of hydrogen-bond acceptors (Lipinski definition) is 2. The van der Waals surface area contributed by atoms with Crippen LogP contribution in [0.2, 0.25) is 0 Å². The molecule has 1 saturated heterocycles. The van der Waals surface area contributed by atoms with E-state index in [-0.39, 0.29) is 0 Å². The third kappa shape index (κ3) is 1.66. The van der Waals surface area contributed by atoms with Crippen molar-refractivity contribution < 1.29 is 9.84 Å². The highest BCUT2D eigenvalue weighted by atomic mass is 16.5. The lowest BCUT2D eigenvalue weighted by atomic mass is 9.94. The molecule has 0 aromatic carbocycles. The Hall–Kier alpha value is -0.0800. The number of hydrogen-bond donors (Lipinski definition) is 1. The first-order valence-electron chi connectivity index (χ1n) is 3.57. The predicted octanol–water partition coefficient (Wildman–Crippen LogP) is 0.938. The van der Waals surface area contributed by atoms with Crippen molar-refractivity contribution in [2.24, 2.45) is 0 Å². The minimum Gasteiger partial charge on any atom is -0.387 e. The molecule has 0 unspecified atom stereocenters. The first kappa shape index (κ1) is 7.03. The Kier molecular flexibility index (Phi) is 2.09. The van der Waals surface area contributed by atoms with Gasteiger partial charge in [-0.05, 0) is 19.3 Å². The lowest BCUT2D eigenvalue weighted by molar-refractivity contribution is -0.0868. The van der Waals surface area contributed by atoms with Gasteiger partial charge in [0.05, 0.1) is 12.2 Å². The summed E-state index contributed by atoms with van der Waals surface area (Å²) in [6.45, 7) is 3.35. The van der Waals surface area contributed by atoms with Crippen molar-refractivity contribution in [3.8, 4) is 0 Å². The van der Waals surface area contributed by atoms with Gasteiger partial charge in [0.25, 0.3) is 0 Å². The van der Waals surface area contributed by atoms with E-state index in [1.165, 1.54) is 0 Å². The molecule has 1 fully saturated rings. The molecule has 0 spiro atoms. The largest absolute Gasteiger partial charge is 0.387 e. The fourth-order valence-electron chi connectivity index (χ4n) is 1.12. The minimum atomic E-state index is -0.502. The molecule has 1 rings (SSSR count). The molecule has 0 aromatic rings. The molecule has 1 N–H and O–H groups in total. The maximum absolute atomic E-state index is 9.56. The van der Waals surface area contributed by atoms with Crippen LogP contribution in [-0.2, 0) is 4.74 Å². The minimum absolute atomic E-state index is 0.502. The van der Waals surface area contributed by atoms with Gasteiger partial charge in [-0.1, -0.05) is 6.92 Å². The standard InChI is InChI=1S/C7H14O2/c1-2-7(8)4-3-5-9-6-7/h8H,2-6H2,1H3/t7-/m1/s1. The molecule has 0 aromatic heterocycles. The summed E-state index contributed by atoms with van der Waals surface area (Å²) < 4.78 is 5.13. The highest BCUT2D eigenvalue weighted by Gasteiger charge is 2.27. The topological polar surface area (TPSA) is 29.5 Å². The van der Waals surface area contributed by atoms with E-state index in [0.29, 0.717) is 6.61 Å². The summed E-state index contributed by atoms with van der Waals surface area (Å²) >= 11 is 0. The maximum atomic E-state index is 9.56. The first-order valence-corrected chi connectivity index (χ1v) is 3.57. The zero-order valence-corrected chi connectivity index (χ0v) is 5.89. The van der Waals surface area contributed by atoms with E-state index in [4.69, 9.17) is 4.74 Å². The molecule has 2 nitrogen and oxygen atoms in total. The Morgan fingerprint density at radius 3 is 2.78 bits per heavy atom. The fourth-order valence-corrected chi connectivity index (χ4v) is 1.12. The van der Waals surface area contributed by atoms with Crippen molar-refractivity contribution >= 4 is 0 Å². The molecule has 1 heterocycles. The van der Waals surface area contributed by atoms with Crippen LogP contribution in [0.1, 0.15) is 26.2 Å². The Balaban J connectivity index is 2.37. The second-order valence-electron chi connectivity index (χ2n) is 2.73. The number of ether oxygens (including phenoxy) is 1. The van der Waals surface area contributed by atoms with Crippen LogP contribution in [0, 0.1) is 0 Å².